The molecule has 0 unspecified atom stereocenters. The standard InChI is InChI=1S/C16H19NO3S/c1-20-14-6-10-16(11-7-14)21(18,19)15-8-4-13(5-9-15)3-2-12-17/h4-11H,2-3,12,17H2,1H3. The Kier molecular flexibility index (Phi) is 4.98. The summed E-state index contributed by atoms with van der Waals surface area (Å²) >= 11 is 0. The van der Waals surface area contributed by atoms with Gasteiger partial charge in [0.15, 0.2) is 0 Å². The zero-order valence-corrected chi connectivity index (χ0v) is 12.8. The Hall–Kier alpha value is -1.85. The Balaban J connectivity index is 2.25. The maximum atomic E-state index is 12.5. The SMILES string of the molecule is COc1ccc(S(=O)(=O)c2ccc(CCCN)cc2)cc1. The van der Waals surface area contributed by atoms with Gasteiger partial charge in [0.1, 0.15) is 5.75 Å². The van der Waals surface area contributed by atoms with E-state index < -0.39 is 9.84 Å². The van der Waals surface area contributed by atoms with Crippen LogP contribution in [0.25, 0.3) is 0 Å². The van der Waals surface area contributed by atoms with Crippen molar-refractivity contribution in [2.24, 2.45) is 5.73 Å². The number of sulfone groups is 1. The van der Waals surface area contributed by atoms with Crippen molar-refractivity contribution in [3.05, 3.63) is 54.1 Å². The minimum absolute atomic E-state index is 0.262. The van der Waals surface area contributed by atoms with Gasteiger partial charge in [-0.05, 0) is 61.3 Å². The Bertz CT molecular complexity index is 676. The lowest BCUT2D eigenvalue weighted by atomic mass is 10.1. The Morgan fingerprint density at radius 3 is 1.95 bits per heavy atom. The summed E-state index contributed by atoms with van der Waals surface area (Å²) in [5.41, 5.74) is 6.56. The molecule has 0 atom stereocenters. The van der Waals surface area contributed by atoms with Gasteiger partial charge in [0.25, 0.3) is 0 Å². The molecule has 5 heteroatoms. The summed E-state index contributed by atoms with van der Waals surface area (Å²) in [7, 11) is -1.94. The van der Waals surface area contributed by atoms with Crippen LogP contribution in [0.15, 0.2) is 58.3 Å². The Morgan fingerprint density at radius 2 is 1.48 bits per heavy atom. The van der Waals surface area contributed by atoms with E-state index in [1.54, 1.807) is 43.5 Å². The third-order valence-electron chi connectivity index (χ3n) is 3.27. The second-order valence-corrected chi connectivity index (χ2v) is 6.66. The van der Waals surface area contributed by atoms with Crippen LogP contribution in [0.4, 0.5) is 0 Å². The minimum Gasteiger partial charge on any atom is -0.497 e. The van der Waals surface area contributed by atoms with Crippen LogP contribution in [0.2, 0.25) is 0 Å². The molecule has 0 aliphatic heterocycles. The van der Waals surface area contributed by atoms with Crippen molar-refractivity contribution in [1.82, 2.24) is 0 Å². The lowest BCUT2D eigenvalue weighted by molar-refractivity contribution is 0.414. The van der Waals surface area contributed by atoms with E-state index in [0.29, 0.717) is 17.2 Å². The molecule has 112 valence electrons. The first-order chi connectivity index (χ1) is 10.1. The molecule has 0 aliphatic carbocycles. The van der Waals surface area contributed by atoms with E-state index in [1.807, 2.05) is 12.1 Å². The maximum absolute atomic E-state index is 12.5. The monoisotopic (exact) mass is 305 g/mol. The highest BCUT2D eigenvalue weighted by Gasteiger charge is 2.17. The van der Waals surface area contributed by atoms with Crippen LogP contribution in [0, 0.1) is 0 Å². The first-order valence-corrected chi connectivity index (χ1v) is 8.24. The minimum atomic E-state index is -3.48. The van der Waals surface area contributed by atoms with Gasteiger partial charge in [-0.3, -0.25) is 0 Å². The fourth-order valence-electron chi connectivity index (χ4n) is 2.03. The molecule has 2 aromatic rings. The second kappa shape index (κ2) is 6.74. The number of nitrogens with two attached hydrogens (primary N) is 1. The van der Waals surface area contributed by atoms with Gasteiger partial charge in [0.05, 0.1) is 16.9 Å². The highest BCUT2D eigenvalue weighted by molar-refractivity contribution is 7.91. The molecular weight excluding hydrogens is 286 g/mol. The quantitative estimate of drug-likeness (QED) is 0.890. The van der Waals surface area contributed by atoms with Gasteiger partial charge in [0, 0.05) is 0 Å². The molecule has 2 rings (SSSR count). The highest BCUT2D eigenvalue weighted by atomic mass is 32.2. The zero-order chi connectivity index (χ0) is 15.3. The summed E-state index contributed by atoms with van der Waals surface area (Å²) in [5.74, 6) is 0.631. The van der Waals surface area contributed by atoms with E-state index in [-0.39, 0.29) is 4.90 Å². The first kappa shape index (κ1) is 15.5. The fraction of sp³-hybridized carbons (Fsp3) is 0.250. The predicted molar refractivity (Wildman–Crippen MR) is 82.3 cm³/mol. The topological polar surface area (TPSA) is 69.4 Å². The molecule has 0 radical (unpaired) electrons. The van der Waals surface area contributed by atoms with Crippen LogP contribution in [0.5, 0.6) is 5.75 Å². The summed E-state index contributed by atoms with van der Waals surface area (Å²) in [6, 6.07) is 13.4. The number of ether oxygens (including phenoxy) is 1. The van der Waals surface area contributed by atoms with Gasteiger partial charge in [-0.15, -0.1) is 0 Å². The van der Waals surface area contributed by atoms with Crippen molar-refractivity contribution < 1.29 is 13.2 Å². The van der Waals surface area contributed by atoms with E-state index in [2.05, 4.69) is 0 Å². The van der Waals surface area contributed by atoms with Gasteiger partial charge in [-0.2, -0.15) is 0 Å². The number of benzene rings is 2. The average molecular weight is 305 g/mol. The summed E-state index contributed by atoms with van der Waals surface area (Å²) < 4.78 is 30.0. The fourth-order valence-corrected chi connectivity index (χ4v) is 3.29. The molecule has 0 spiro atoms. The summed E-state index contributed by atoms with van der Waals surface area (Å²) in [5, 5.41) is 0. The van der Waals surface area contributed by atoms with Crippen molar-refractivity contribution in [3.8, 4) is 5.75 Å². The molecule has 4 nitrogen and oxygen atoms in total. The van der Waals surface area contributed by atoms with E-state index in [0.717, 1.165) is 18.4 Å². The molecule has 0 saturated heterocycles. The summed E-state index contributed by atoms with van der Waals surface area (Å²) in [4.78, 5) is 0.558. The van der Waals surface area contributed by atoms with E-state index in [4.69, 9.17) is 10.5 Å². The molecule has 0 fully saturated rings. The molecule has 21 heavy (non-hydrogen) atoms. The zero-order valence-electron chi connectivity index (χ0n) is 12.0. The van der Waals surface area contributed by atoms with Gasteiger partial charge < -0.3 is 10.5 Å². The van der Waals surface area contributed by atoms with Crippen molar-refractivity contribution in [1.29, 1.82) is 0 Å². The first-order valence-electron chi connectivity index (χ1n) is 6.76. The van der Waals surface area contributed by atoms with Crippen LogP contribution >= 0.6 is 0 Å². The highest BCUT2D eigenvalue weighted by Crippen LogP contribution is 2.23. The average Bonchev–Trinajstić information content (AvgIpc) is 2.53. The summed E-state index contributed by atoms with van der Waals surface area (Å²) in [6.45, 7) is 0.631. The molecule has 0 bridgehead atoms. The smallest absolute Gasteiger partial charge is 0.206 e. The van der Waals surface area contributed by atoms with Crippen LogP contribution in [0.1, 0.15) is 12.0 Å². The van der Waals surface area contributed by atoms with Crippen LogP contribution < -0.4 is 10.5 Å². The molecule has 0 heterocycles. The number of hydrogen-bond acceptors (Lipinski definition) is 4. The van der Waals surface area contributed by atoms with Crippen LogP contribution in [-0.2, 0) is 16.3 Å². The molecular formula is C16H19NO3S. The van der Waals surface area contributed by atoms with Gasteiger partial charge >= 0.3 is 0 Å². The number of rotatable bonds is 6. The molecule has 2 aromatic carbocycles. The van der Waals surface area contributed by atoms with Gasteiger partial charge in [-0.25, -0.2) is 8.42 Å². The third-order valence-corrected chi connectivity index (χ3v) is 5.06. The van der Waals surface area contributed by atoms with Crippen molar-refractivity contribution in [3.63, 3.8) is 0 Å². The molecule has 0 saturated carbocycles. The molecule has 2 N–H and O–H groups in total. The molecule has 0 aliphatic rings. The predicted octanol–water partition coefficient (Wildman–Crippen LogP) is 2.42. The number of aryl methyl sites for hydroxylation is 1. The lowest BCUT2D eigenvalue weighted by Gasteiger charge is -2.07. The van der Waals surface area contributed by atoms with Crippen LogP contribution in [0.3, 0.4) is 0 Å². The third kappa shape index (κ3) is 3.62. The van der Waals surface area contributed by atoms with Crippen molar-refractivity contribution >= 4 is 9.84 Å². The Labute approximate surface area is 125 Å². The number of hydrogen-bond donors (Lipinski definition) is 1. The summed E-state index contributed by atoms with van der Waals surface area (Å²) in [6.07, 6.45) is 1.75. The second-order valence-electron chi connectivity index (χ2n) is 4.72. The van der Waals surface area contributed by atoms with Crippen LogP contribution in [-0.4, -0.2) is 22.1 Å². The molecule has 0 aromatic heterocycles. The van der Waals surface area contributed by atoms with E-state index >= 15 is 0 Å². The van der Waals surface area contributed by atoms with E-state index in [9.17, 15) is 8.42 Å². The van der Waals surface area contributed by atoms with Crippen molar-refractivity contribution in [2.45, 2.75) is 22.6 Å². The van der Waals surface area contributed by atoms with E-state index in [1.165, 1.54) is 0 Å². The number of methoxy groups -OCH3 is 1. The maximum Gasteiger partial charge on any atom is 0.206 e. The Morgan fingerprint density at radius 1 is 0.952 bits per heavy atom. The largest absolute Gasteiger partial charge is 0.497 e. The van der Waals surface area contributed by atoms with Gasteiger partial charge in [0.2, 0.25) is 9.84 Å². The molecule has 0 amide bonds. The van der Waals surface area contributed by atoms with Gasteiger partial charge in [-0.1, -0.05) is 12.1 Å². The normalized spacial score (nSPS) is 11.3. The lowest BCUT2D eigenvalue weighted by Crippen LogP contribution is -2.03. The van der Waals surface area contributed by atoms with Crippen molar-refractivity contribution in [2.75, 3.05) is 13.7 Å².